The van der Waals surface area contributed by atoms with E-state index in [0.717, 1.165) is 72.2 Å². The quantitative estimate of drug-likeness (QED) is 0.465. The van der Waals surface area contributed by atoms with Gasteiger partial charge in [-0.15, -0.1) is 0 Å². The maximum absolute atomic E-state index is 5.45. The van der Waals surface area contributed by atoms with Crippen molar-refractivity contribution in [1.29, 1.82) is 0 Å². The second kappa shape index (κ2) is 9.10. The van der Waals surface area contributed by atoms with Gasteiger partial charge in [0, 0.05) is 43.9 Å². The van der Waals surface area contributed by atoms with Gasteiger partial charge in [-0.25, -0.2) is 4.98 Å². The number of nitrogens with one attached hydrogen (secondary N) is 2. The number of benzene rings is 1. The van der Waals surface area contributed by atoms with Crippen molar-refractivity contribution in [2.24, 2.45) is 5.92 Å². The van der Waals surface area contributed by atoms with Crippen molar-refractivity contribution >= 4 is 5.69 Å². The van der Waals surface area contributed by atoms with Crippen molar-refractivity contribution in [3.05, 3.63) is 73.3 Å². The van der Waals surface area contributed by atoms with Crippen molar-refractivity contribution < 1.29 is 4.74 Å². The molecule has 1 aliphatic rings. The van der Waals surface area contributed by atoms with Crippen LogP contribution in [0.4, 0.5) is 5.69 Å². The summed E-state index contributed by atoms with van der Waals surface area (Å²) in [4.78, 5) is 16.9. The van der Waals surface area contributed by atoms with E-state index >= 15 is 0 Å². The number of nitrogens with zero attached hydrogens (tertiary/aromatic N) is 3. The molecule has 6 nitrogen and oxygen atoms in total. The highest BCUT2D eigenvalue weighted by atomic mass is 16.5. The zero-order chi connectivity index (χ0) is 20.9. The van der Waals surface area contributed by atoms with Crippen molar-refractivity contribution in [2.75, 3.05) is 25.1 Å². The van der Waals surface area contributed by atoms with E-state index in [1.54, 1.807) is 0 Å². The number of aromatic amines is 1. The summed E-state index contributed by atoms with van der Waals surface area (Å²) in [6, 6.07) is 16.4. The van der Waals surface area contributed by atoms with Crippen LogP contribution >= 0.6 is 0 Å². The molecule has 6 heteroatoms. The Labute approximate surface area is 181 Å². The maximum atomic E-state index is 5.45. The third kappa shape index (κ3) is 4.64. The molecule has 5 rings (SSSR count). The largest absolute Gasteiger partial charge is 0.384 e. The lowest BCUT2D eigenvalue weighted by molar-refractivity contribution is 0.0699. The Balaban J connectivity index is 1.34. The molecule has 156 valence electrons. The third-order valence-corrected chi connectivity index (χ3v) is 5.67. The summed E-state index contributed by atoms with van der Waals surface area (Å²) in [5.41, 5.74) is 6.03. The molecule has 0 aliphatic carbocycles. The van der Waals surface area contributed by atoms with Crippen LogP contribution in [-0.4, -0.2) is 39.7 Å². The average molecular weight is 412 g/mol. The van der Waals surface area contributed by atoms with Crippen molar-refractivity contribution in [2.45, 2.75) is 12.8 Å². The fourth-order valence-electron chi connectivity index (χ4n) is 3.86. The molecule has 4 heterocycles. The van der Waals surface area contributed by atoms with Gasteiger partial charge in [0.25, 0.3) is 0 Å². The number of rotatable bonds is 6. The monoisotopic (exact) mass is 411 g/mol. The smallest absolute Gasteiger partial charge is 0.156 e. The van der Waals surface area contributed by atoms with Crippen molar-refractivity contribution in [1.82, 2.24) is 19.9 Å². The lowest BCUT2D eigenvalue weighted by atomic mass is 10.0. The molecule has 0 atom stereocenters. The van der Waals surface area contributed by atoms with Crippen LogP contribution in [0, 0.1) is 5.92 Å². The van der Waals surface area contributed by atoms with Crippen LogP contribution in [0.3, 0.4) is 0 Å². The van der Waals surface area contributed by atoms with Gasteiger partial charge in [0.2, 0.25) is 0 Å². The standard InChI is InChI=1S/C25H25N5O/c1-2-4-19(5-3-1)24-17-29-25(30-24)23-13-20(6-9-27-23)21-12-22(16-26-15-21)28-14-18-7-10-31-11-8-18/h1-6,9,12-13,15-18,28H,7-8,10-11,14H2,(H,29,30). The molecule has 31 heavy (non-hydrogen) atoms. The first-order chi connectivity index (χ1) is 15.3. The van der Waals surface area contributed by atoms with Crippen molar-refractivity contribution in [3.8, 4) is 33.9 Å². The van der Waals surface area contributed by atoms with Gasteiger partial charge >= 0.3 is 0 Å². The number of imidazole rings is 1. The number of hydrogen-bond donors (Lipinski definition) is 2. The molecule has 0 radical (unpaired) electrons. The highest BCUT2D eigenvalue weighted by molar-refractivity contribution is 5.71. The molecule has 4 aromatic rings. The molecule has 0 spiro atoms. The molecular formula is C25H25N5O. The number of anilines is 1. The molecule has 0 saturated carbocycles. The van der Waals surface area contributed by atoms with Gasteiger partial charge in [-0.3, -0.25) is 9.97 Å². The minimum Gasteiger partial charge on any atom is -0.384 e. The van der Waals surface area contributed by atoms with Gasteiger partial charge in [-0.1, -0.05) is 30.3 Å². The number of ether oxygens (including phenoxy) is 1. The molecule has 2 N–H and O–H groups in total. The Kier molecular flexibility index (Phi) is 5.71. The number of pyridine rings is 2. The van der Waals surface area contributed by atoms with E-state index < -0.39 is 0 Å². The van der Waals surface area contributed by atoms with Crippen LogP contribution in [0.2, 0.25) is 0 Å². The fraction of sp³-hybridized carbons (Fsp3) is 0.240. The highest BCUT2D eigenvalue weighted by Crippen LogP contribution is 2.26. The molecule has 0 bridgehead atoms. The highest BCUT2D eigenvalue weighted by Gasteiger charge is 2.14. The topological polar surface area (TPSA) is 75.7 Å². The first kappa shape index (κ1) is 19.5. The van der Waals surface area contributed by atoms with Gasteiger partial charge in [-0.2, -0.15) is 0 Å². The Morgan fingerprint density at radius 2 is 1.77 bits per heavy atom. The lowest BCUT2D eigenvalue weighted by Gasteiger charge is -2.22. The summed E-state index contributed by atoms with van der Waals surface area (Å²) in [6.45, 7) is 2.68. The molecule has 1 aromatic carbocycles. The summed E-state index contributed by atoms with van der Waals surface area (Å²) in [7, 11) is 0. The van der Waals surface area contributed by atoms with Gasteiger partial charge in [-0.05, 0) is 48.1 Å². The van der Waals surface area contributed by atoms with Crippen molar-refractivity contribution in [3.63, 3.8) is 0 Å². The Morgan fingerprint density at radius 3 is 2.65 bits per heavy atom. The fourth-order valence-corrected chi connectivity index (χ4v) is 3.86. The maximum Gasteiger partial charge on any atom is 0.156 e. The number of hydrogen-bond acceptors (Lipinski definition) is 5. The predicted molar refractivity (Wildman–Crippen MR) is 123 cm³/mol. The molecule has 3 aromatic heterocycles. The molecule has 1 saturated heterocycles. The van der Waals surface area contributed by atoms with Gasteiger partial charge in [0.1, 0.15) is 5.69 Å². The first-order valence-corrected chi connectivity index (χ1v) is 10.7. The van der Waals surface area contributed by atoms with Gasteiger partial charge < -0.3 is 15.0 Å². The van der Waals surface area contributed by atoms with E-state index in [-0.39, 0.29) is 0 Å². The molecular weight excluding hydrogens is 386 g/mol. The summed E-state index contributed by atoms with van der Waals surface area (Å²) in [5.74, 6) is 1.41. The van der Waals surface area contributed by atoms with E-state index in [0.29, 0.717) is 5.92 Å². The van der Waals surface area contributed by atoms with E-state index in [2.05, 4.69) is 43.5 Å². The predicted octanol–water partition coefficient (Wildman–Crippen LogP) is 5.04. The molecule has 1 aliphatic heterocycles. The number of H-pyrrole nitrogens is 1. The minimum absolute atomic E-state index is 0.655. The second-order valence-corrected chi connectivity index (χ2v) is 7.84. The van der Waals surface area contributed by atoms with E-state index in [9.17, 15) is 0 Å². The Hall–Kier alpha value is -3.51. The van der Waals surface area contributed by atoms with Crippen LogP contribution in [0.15, 0.2) is 73.3 Å². The summed E-state index contributed by atoms with van der Waals surface area (Å²) < 4.78 is 5.45. The second-order valence-electron chi connectivity index (χ2n) is 7.84. The van der Waals surface area contributed by atoms with Gasteiger partial charge in [0.05, 0.1) is 17.6 Å². The van der Waals surface area contributed by atoms with Gasteiger partial charge in [0.15, 0.2) is 5.82 Å². The van der Waals surface area contributed by atoms with Crippen LogP contribution in [0.5, 0.6) is 0 Å². The Bertz CT molecular complexity index is 1140. The summed E-state index contributed by atoms with van der Waals surface area (Å²) in [6.07, 6.45) is 9.66. The third-order valence-electron chi connectivity index (χ3n) is 5.67. The zero-order valence-electron chi connectivity index (χ0n) is 17.3. The number of aromatic nitrogens is 4. The lowest BCUT2D eigenvalue weighted by Crippen LogP contribution is -2.22. The normalized spacial score (nSPS) is 14.5. The van der Waals surface area contributed by atoms with Crippen LogP contribution < -0.4 is 5.32 Å². The first-order valence-electron chi connectivity index (χ1n) is 10.7. The molecule has 0 unspecified atom stereocenters. The van der Waals surface area contributed by atoms with E-state index in [1.165, 1.54) is 0 Å². The van der Waals surface area contributed by atoms with Crippen LogP contribution in [0.1, 0.15) is 12.8 Å². The molecule has 1 fully saturated rings. The average Bonchev–Trinajstić information content (AvgIpc) is 3.35. The summed E-state index contributed by atoms with van der Waals surface area (Å²) >= 11 is 0. The van der Waals surface area contributed by atoms with Crippen LogP contribution in [-0.2, 0) is 4.74 Å². The SMILES string of the molecule is c1ccc(-c2cnc(-c3cc(-c4cncc(NCC5CCOCC5)c4)ccn3)[nH]2)cc1. The minimum atomic E-state index is 0.655. The van der Waals surface area contributed by atoms with Crippen LogP contribution in [0.25, 0.3) is 33.9 Å². The molecule has 0 amide bonds. The Morgan fingerprint density at radius 1 is 0.903 bits per heavy atom. The summed E-state index contributed by atoms with van der Waals surface area (Å²) in [5, 5.41) is 3.54. The van der Waals surface area contributed by atoms with E-state index in [1.807, 2.05) is 55.1 Å². The zero-order valence-corrected chi connectivity index (χ0v) is 17.3. The van der Waals surface area contributed by atoms with E-state index in [4.69, 9.17) is 4.74 Å².